The monoisotopic (exact) mass is 400 g/mol. The van der Waals surface area contributed by atoms with Gasteiger partial charge in [0.2, 0.25) is 5.91 Å². The molecule has 1 aromatic rings. The van der Waals surface area contributed by atoms with E-state index in [-0.39, 0.29) is 36.9 Å². The lowest BCUT2D eigenvalue weighted by Crippen LogP contribution is -2.50. The summed E-state index contributed by atoms with van der Waals surface area (Å²) in [6, 6.07) is 2.72. The van der Waals surface area contributed by atoms with Crippen molar-refractivity contribution in [3.05, 3.63) is 18.2 Å². The highest BCUT2D eigenvalue weighted by molar-refractivity contribution is 6.09. The zero-order valence-electron chi connectivity index (χ0n) is 15.5. The molecular formula is C17H22F2N4O5. The number of primary amides is 1. The molecule has 0 spiro atoms. The lowest BCUT2D eigenvalue weighted by atomic mass is 10.2. The van der Waals surface area contributed by atoms with Crippen LogP contribution in [0.3, 0.4) is 0 Å². The van der Waals surface area contributed by atoms with E-state index in [4.69, 9.17) is 10.5 Å². The zero-order chi connectivity index (χ0) is 20.8. The van der Waals surface area contributed by atoms with Crippen molar-refractivity contribution in [2.45, 2.75) is 19.6 Å². The SMILES string of the molecule is CCN(C)[C@@H](C(N)=O)C(=O)Nc1ccc(N2CCOCC2=O)c(OC(F)F)c1. The van der Waals surface area contributed by atoms with Crippen LogP contribution in [0.1, 0.15) is 6.92 Å². The maximum atomic E-state index is 12.8. The lowest BCUT2D eigenvalue weighted by molar-refractivity contribution is -0.131. The quantitative estimate of drug-likeness (QED) is 0.611. The molecule has 0 radical (unpaired) electrons. The summed E-state index contributed by atoms with van der Waals surface area (Å²) in [4.78, 5) is 38.7. The second-order valence-electron chi connectivity index (χ2n) is 6.03. The number of hydrogen-bond donors (Lipinski definition) is 2. The maximum Gasteiger partial charge on any atom is 0.387 e. The molecule has 11 heteroatoms. The Morgan fingerprint density at radius 3 is 2.71 bits per heavy atom. The van der Waals surface area contributed by atoms with Crippen LogP contribution >= 0.6 is 0 Å². The van der Waals surface area contributed by atoms with E-state index in [1.165, 1.54) is 21.9 Å². The number of nitrogens with zero attached hydrogens (tertiary/aromatic N) is 2. The number of carbonyl (C=O) groups excluding carboxylic acids is 3. The molecule has 0 aliphatic carbocycles. The van der Waals surface area contributed by atoms with Crippen LogP contribution in [0.4, 0.5) is 20.2 Å². The van der Waals surface area contributed by atoms with Gasteiger partial charge >= 0.3 is 6.61 Å². The molecule has 2 rings (SSSR count). The van der Waals surface area contributed by atoms with E-state index in [9.17, 15) is 23.2 Å². The summed E-state index contributed by atoms with van der Waals surface area (Å²) in [6.07, 6.45) is 0. The van der Waals surface area contributed by atoms with Crippen LogP contribution in [0.5, 0.6) is 5.75 Å². The van der Waals surface area contributed by atoms with Crippen LogP contribution in [0.15, 0.2) is 18.2 Å². The molecule has 3 N–H and O–H groups in total. The van der Waals surface area contributed by atoms with Crippen LogP contribution in [-0.2, 0) is 19.1 Å². The van der Waals surface area contributed by atoms with Crippen molar-refractivity contribution in [3.63, 3.8) is 0 Å². The first kappa shape index (κ1) is 21.5. The number of hydrogen-bond acceptors (Lipinski definition) is 6. The minimum atomic E-state index is -3.13. The van der Waals surface area contributed by atoms with Gasteiger partial charge in [-0.3, -0.25) is 19.3 Å². The Morgan fingerprint density at radius 2 is 2.14 bits per heavy atom. The summed E-state index contributed by atoms with van der Waals surface area (Å²) < 4.78 is 35.2. The minimum Gasteiger partial charge on any atom is -0.433 e. The van der Waals surface area contributed by atoms with Gasteiger partial charge in [-0.25, -0.2) is 0 Å². The second kappa shape index (κ2) is 9.42. The highest BCUT2D eigenvalue weighted by Crippen LogP contribution is 2.33. The number of carbonyl (C=O) groups is 3. The van der Waals surface area contributed by atoms with Gasteiger partial charge in [0, 0.05) is 18.3 Å². The van der Waals surface area contributed by atoms with Crippen LogP contribution in [0.2, 0.25) is 0 Å². The zero-order valence-corrected chi connectivity index (χ0v) is 15.5. The molecule has 1 aromatic carbocycles. The Labute approximate surface area is 160 Å². The normalized spacial score (nSPS) is 15.6. The molecule has 1 aliphatic rings. The van der Waals surface area contributed by atoms with Gasteiger partial charge in [0.25, 0.3) is 11.8 Å². The summed E-state index contributed by atoms with van der Waals surface area (Å²) in [5.41, 5.74) is 5.52. The first-order valence-corrected chi connectivity index (χ1v) is 8.52. The van der Waals surface area contributed by atoms with Gasteiger partial charge in [0.1, 0.15) is 6.61 Å². The van der Waals surface area contributed by atoms with Crippen molar-refractivity contribution >= 4 is 29.1 Å². The number of morpholine rings is 1. The molecule has 3 amide bonds. The molecule has 1 heterocycles. The number of halogens is 2. The average molecular weight is 400 g/mol. The van der Waals surface area contributed by atoms with Crippen LogP contribution in [0.25, 0.3) is 0 Å². The van der Waals surface area contributed by atoms with Gasteiger partial charge in [0.15, 0.2) is 11.8 Å². The summed E-state index contributed by atoms with van der Waals surface area (Å²) in [5.74, 6) is -2.25. The Morgan fingerprint density at radius 1 is 1.43 bits per heavy atom. The fourth-order valence-corrected chi connectivity index (χ4v) is 2.72. The van der Waals surface area contributed by atoms with E-state index >= 15 is 0 Å². The van der Waals surface area contributed by atoms with Gasteiger partial charge in [-0.15, -0.1) is 0 Å². The van der Waals surface area contributed by atoms with E-state index in [0.29, 0.717) is 6.54 Å². The van der Waals surface area contributed by atoms with Gasteiger partial charge in [-0.2, -0.15) is 8.78 Å². The van der Waals surface area contributed by atoms with Crippen LogP contribution in [-0.4, -0.2) is 68.6 Å². The standard InChI is InChI=1S/C17H22F2N4O5/c1-3-22(2)14(15(20)25)16(26)21-10-4-5-11(12(8-10)28-17(18)19)23-6-7-27-9-13(23)24/h4-5,8,14,17H,3,6-7,9H2,1-2H3,(H2,20,25)(H,21,26)/t14-/m0/s1. The number of rotatable bonds is 8. The van der Waals surface area contributed by atoms with Crippen LogP contribution < -0.4 is 20.7 Å². The van der Waals surface area contributed by atoms with Gasteiger partial charge < -0.3 is 25.4 Å². The van der Waals surface area contributed by atoms with Crippen molar-refractivity contribution in [2.24, 2.45) is 5.73 Å². The Bertz CT molecular complexity index is 746. The Hall–Kier alpha value is -2.79. The molecule has 1 saturated heterocycles. The van der Waals surface area contributed by atoms with Crippen molar-refractivity contribution in [1.82, 2.24) is 4.90 Å². The number of nitrogens with two attached hydrogens (primary N) is 1. The van der Waals surface area contributed by atoms with Crippen molar-refractivity contribution < 1.29 is 32.6 Å². The fraction of sp³-hybridized carbons (Fsp3) is 0.471. The largest absolute Gasteiger partial charge is 0.433 e. The molecule has 1 fully saturated rings. The van der Waals surface area contributed by atoms with E-state index in [2.05, 4.69) is 10.1 Å². The summed E-state index contributed by atoms with van der Waals surface area (Å²) >= 11 is 0. The molecule has 1 atom stereocenters. The third-order valence-corrected chi connectivity index (χ3v) is 4.18. The number of alkyl halides is 2. The van der Waals surface area contributed by atoms with E-state index < -0.39 is 30.4 Å². The number of anilines is 2. The highest BCUT2D eigenvalue weighted by atomic mass is 19.3. The smallest absolute Gasteiger partial charge is 0.387 e. The minimum absolute atomic E-state index is 0.112. The second-order valence-corrected chi connectivity index (χ2v) is 6.03. The molecule has 154 valence electrons. The third-order valence-electron chi connectivity index (χ3n) is 4.18. The van der Waals surface area contributed by atoms with Crippen LogP contribution in [0, 0.1) is 0 Å². The summed E-state index contributed by atoms with van der Waals surface area (Å²) in [5, 5.41) is 2.46. The van der Waals surface area contributed by atoms with E-state index in [0.717, 1.165) is 6.07 Å². The molecule has 9 nitrogen and oxygen atoms in total. The molecule has 28 heavy (non-hydrogen) atoms. The summed E-state index contributed by atoms with van der Waals surface area (Å²) in [7, 11) is 1.55. The Kier molecular flexibility index (Phi) is 7.24. The lowest BCUT2D eigenvalue weighted by Gasteiger charge is -2.28. The fourth-order valence-electron chi connectivity index (χ4n) is 2.72. The number of benzene rings is 1. The van der Waals surface area contributed by atoms with Gasteiger partial charge in [0.05, 0.1) is 12.3 Å². The number of ether oxygens (including phenoxy) is 2. The van der Waals surface area contributed by atoms with Gasteiger partial charge in [-0.1, -0.05) is 6.92 Å². The molecule has 0 bridgehead atoms. The van der Waals surface area contributed by atoms with Crippen molar-refractivity contribution in [2.75, 3.05) is 43.6 Å². The molecular weight excluding hydrogens is 378 g/mol. The predicted molar refractivity (Wildman–Crippen MR) is 96.2 cm³/mol. The predicted octanol–water partition coefficient (Wildman–Crippen LogP) is 0.395. The molecule has 1 aliphatic heterocycles. The number of likely N-dealkylation sites (N-methyl/N-ethyl adjacent to an activating group) is 1. The molecule has 0 aromatic heterocycles. The number of amides is 3. The molecule has 0 unspecified atom stereocenters. The first-order valence-electron chi connectivity index (χ1n) is 8.52. The van der Waals surface area contributed by atoms with E-state index in [1.807, 2.05) is 0 Å². The van der Waals surface area contributed by atoms with E-state index in [1.54, 1.807) is 14.0 Å². The average Bonchev–Trinajstić information content (AvgIpc) is 2.62. The highest BCUT2D eigenvalue weighted by Gasteiger charge is 2.29. The first-order chi connectivity index (χ1) is 13.2. The maximum absolute atomic E-state index is 12.8. The van der Waals surface area contributed by atoms with Gasteiger partial charge in [-0.05, 0) is 25.7 Å². The Balaban J connectivity index is 2.29. The third kappa shape index (κ3) is 5.14. The summed E-state index contributed by atoms with van der Waals surface area (Å²) in [6.45, 7) is -0.747. The topological polar surface area (TPSA) is 114 Å². The van der Waals surface area contributed by atoms with Crippen molar-refractivity contribution in [1.29, 1.82) is 0 Å². The number of nitrogens with one attached hydrogen (secondary N) is 1. The molecule has 0 saturated carbocycles. The van der Waals surface area contributed by atoms with Crippen molar-refractivity contribution in [3.8, 4) is 5.75 Å².